The van der Waals surface area contributed by atoms with Crippen molar-refractivity contribution in [2.75, 3.05) is 13.3 Å². The molecule has 2 amide bonds. The smallest absolute Gasteiger partial charge is 0.317 e. The van der Waals surface area contributed by atoms with Crippen LogP contribution in [0.15, 0.2) is 41.6 Å². The summed E-state index contributed by atoms with van der Waals surface area (Å²) < 4.78 is 24.9. The largest absolute Gasteiger partial charge is 0.331 e. The third-order valence-electron chi connectivity index (χ3n) is 4.10. The number of hydrogen-bond acceptors (Lipinski definition) is 4. The number of nitrogens with zero attached hydrogens (tertiary/aromatic N) is 3. The molecule has 8 heteroatoms. The van der Waals surface area contributed by atoms with E-state index in [0.29, 0.717) is 6.54 Å². The van der Waals surface area contributed by atoms with Gasteiger partial charge in [0.05, 0.1) is 23.7 Å². The van der Waals surface area contributed by atoms with Gasteiger partial charge >= 0.3 is 6.03 Å². The van der Waals surface area contributed by atoms with E-state index in [1.165, 1.54) is 6.26 Å². The van der Waals surface area contributed by atoms with Crippen molar-refractivity contribution in [3.63, 3.8) is 0 Å². The van der Waals surface area contributed by atoms with Crippen LogP contribution in [0.5, 0.6) is 0 Å². The third-order valence-corrected chi connectivity index (χ3v) is 5.23. The lowest BCUT2D eigenvalue weighted by Gasteiger charge is -2.21. The van der Waals surface area contributed by atoms with Crippen LogP contribution in [0.3, 0.4) is 0 Å². The second-order valence-corrected chi connectivity index (χ2v) is 8.81. The number of sulfone groups is 1. The highest BCUT2D eigenvalue weighted by Gasteiger charge is 2.15. The molecule has 7 nitrogen and oxygen atoms in total. The summed E-state index contributed by atoms with van der Waals surface area (Å²) in [5.41, 5.74) is 1.80. The van der Waals surface area contributed by atoms with Gasteiger partial charge in [-0.05, 0) is 38.5 Å². The van der Waals surface area contributed by atoms with E-state index in [0.717, 1.165) is 11.1 Å². The lowest BCUT2D eigenvalue weighted by Crippen LogP contribution is -2.38. The van der Waals surface area contributed by atoms with Gasteiger partial charge in [-0.2, -0.15) is 5.10 Å². The van der Waals surface area contributed by atoms with Crippen molar-refractivity contribution in [3.05, 3.63) is 47.8 Å². The average molecular weight is 378 g/mol. The van der Waals surface area contributed by atoms with Crippen LogP contribution in [-0.4, -0.2) is 42.4 Å². The van der Waals surface area contributed by atoms with Gasteiger partial charge < -0.3 is 10.2 Å². The molecule has 0 aliphatic carbocycles. The Hall–Kier alpha value is -2.35. The summed E-state index contributed by atoms with van der Waals surface area (Å²) in [7, 11) is -1.50. The molecule has 1 N–H and O–H groups in total. The number of carbonyl (C=O) groups is 1. The standard InChI is InChI=1S/C18H26N4O3S/c1-13(2)22-12-15(10-19-22)11-21(4)18(23)20-14(3)16-6-8-17(9-7-16)26(5,24)25/h6-10,12-14H,11H2,1-5H3,(H,20,23)/t14-/m0/s1. The van der Waals surface area contributed by atoms with Gasteiger partial charge in [0.2, 0.25) is 0 Å². The Morgan fingerprint density at radius 1 is 1.23 bits per heavy atom. The first-order valence-corrected chi connectivity index (χ1v) is 10.3. The number of benzene rings is 1. The lowest BCUT2D eigenvalue weighted by molar-refractivity contribution is 0.203. The van der Waals surface area contributed by atoms with E-state index in [4.69, 9.17) is 0 Å². The van der Waals surface area contributed by atoms with Gasteiger partial charge in [0.1, 0.15) is 0 Å². The Morgan fingerprint density at radius 2 is 1.85 bits per heavy atom. The molecule has 0 saturated carbocycles. The fraction of sp³-hybridized carbons (Fsp3) is 0.444. The Labute approximate surface area is 154 Å². The Balaban J connectivity index is 1.96. The zero-order valence-corrected chi connectivity index (χ0v) is 16.6. The van der Waals surface area contributed by atoms with Gasteiger partial charge in [-0.25, -0.2) is 13.2 Å². The predicted molar refractivity (Wildman–Crippen MR) is 101 cm³/mol. The normalized spacial score (nSPS) is 12.8. The van der Waals surface area contributed by atoms with Crippen molar-refractivity contribution in [2.45, 2.75) is 44.3 Å². The monoisotopic (exact) mass is 378 g/mol. The maximum Gasteiger partial charge on any atom is 0.317 e. The molecule has 2 aromatic rings. The maximum absolute atomic E-state index is 12.4. The zero-order valence-electron chi connectivity index (χ0n) is 15.8. The number of rotatable bonds is 6. The average Bonchev–Trinajstić information content (AvgIpc) is 3.02. The summed E-state index contributed by atoms with van der Waals surface area (Å²) in [6, 6.07) is 6.37. The van der Waals surface area contributed by atoms with Crippen LogP contribution in [-0.2, 0) is 16.4 Å². The highest BCUT2D eigenvalue weighted by atomic mass is 32.2. The van der Waals surface area contributed by atoms with Crippen molar-refractivity contribution < 1.29 is 13.2 Å². The molecule has 0 radical (unpaired) electrons. The molecule has 0 bridgehead atoms. The molecule has 26 heavy (non-hydrogen) atoms. The first kappa shape index (κ1) is 20.0. The zero-order chi connectivity index (χ0) is 19.5. The summed E-state index contributed by atoms with van der Waals surface area (Å²) in [6.45, 7) is 6.41. The topological polar surface area (TPSA) is 84.3 Å². The van der Waals surface area contributed by atoms with Gasteiger partial charge in [0.25, 0.3) is 0 Å². The second kappa shape index (κ2) is 7.90. The van der Waals surface area contributed by atoms with E-state index in [9.17, 15) is 13.2 Å². The molecule has 0 unspecified atom stereocenters. The van der Waals surface area contributed by atoms with Crippen molar-refractivity contribution in [1.82, 2.24) is 20.0 Å². The molecule has 2 rings (SSSR count). The van der Waals surface area contributed by atoms with Crippen LogP contribution in [0.2, 0.25) is 0 Å². The molecule has 1 heterocycles. The number of hydrogen-bond donors (Lipinski definition) is 1. The van der Waals surface area contributed by atoms with Crippen LogP contribution >= 0.6 is 0 Å². The van der Waals surface area contributed by atoms with Crippen LogP contribution in [0, 0.1) is 0 Å². The number of nitrogens with one attached hydrogen (secondary N) is 1. The van der Waals surface area contributed by atoms with E-state index < -0.39 is 9.84 Å². The molecule has 1 atom stereocenters. The summed E-state index contributed by atoms with van der Waals surface area (Å²) in [4.78, 5) is 14.2. The van der Waals surface area contributed by atoms with Crippen LogP contribution in [0.25, 0.3) is 0 Å². The van der Waals surface area contributed by atoms with Crippen molar-refractivity contribution in [3.8, 4) is 0 Å². The quantitative estimate of drug-likeness (QED) is 0.838. The van der Waals surface area contributed by atoms with Gasteiger partial charge in [-0.1, -0.05) is 12.1 Å². The van der Waals surface area contributed by atoms with Gasteiger partial charge in [0.15, 0.2) is 9.84 Å². The SMILES string of the molecule is CC(C)n1cc(CN(C)C(=O)N[C@@H](C)c2ccc(S(C)(=O)=O)cc2)cn1. The molecule has 1 aromatic carbocycles. The molecule has 0 aliphatic heterocycles. The molecule has 0 saturated heterocycles. The first-order chi connectivity index (χ1) is 12.1. The molecular formula is C18H26N4O3S. The van der Waals surface area contributed by atoms with E-state index in [-0.39, 0.29) is 23.0 Å². The highest BCUT2D eigenvalue weighted by Crippen LogP contribution is 2.17. The number of carbonyl (C=O) groups excluding carboxylic acids is 1. The van der Waals surface area contributed by atoms with Crippen molar-refractivity contribution in [2.24, 2.45) is 0 Å². The third kappa shape index (κ3) is 5.08. The molecular weight excluding hydrogens is 352 g/mol. The molecule has 0 fully saturated rings. The van der Waals surface area contributed by atoms with Gasteiger partial charge in [-0.3, -0.25) is 4.68 Å². The van der Waals surface area contributed by atoms with E-state index in [2.05, 4.69) is 10.4 Å². The first-order valence-electron chi connectivity index (χ1n) is 8.42. The van der Waals surface area contributed by atoms with E-state index in [1.54, 1.807) is 42.4 Å². The highest BCUT2D eigenvalue weighted by molar-refractivity contribution is 7.90. The molecule has 142 valence electrons. The number of urea groups is 1. The summed E-state index contributed by atoms with van der Waals surface area (Å²) >= 11 is 0. The fourth-order valence-corrected chi connectivity index (χ4v) is 3.10. The van der Waals surface area contributed by atoms with Gasteiger partial charge in [-0.15, -0.1) is 0 Å². The Morgan fingerprint density at radius 3 is 2.35 bits per heavy atom. The minimum atomic E-state index is -3.22. The van der Waals surface area contributed by atoms with Crippen LogP contribution in [0.1, 0.15) is 44.0 Å². The van der Waals surface area contributed by atoms with Crippen LogP contribution in [0.4, 0.5) is 4.79 Å². The number of amides is 2. The molecule has 1 aromatic heterocycles. The molecule has 0 aliphatic rings. The number of aromatic nitrogens is 2. The Kier molecular flexibility index (Phi) is 6.07. The molecule has 0 spiro atoms. The maximum atomic E-state index is 12.4. The minimum Gasteiger partial charge on any atom is -0.331 e. The summed E-state index contributed by atoms with van der Waals surface area (Å²) in [5, 5.41) is 7.19. The predicted octanol–water partition coefficient (Wildman–Crippen LogP) is 2.77. The lowest BCUT2D eigenvalue weighted by atomic mass is 10.1. The van der Waals surface area contributed by atoms with E-state index >= 15 is 0 Å². The van der Waals surface area contributed by atoms with Crippen LogP contribution < -0.4 is 5.32 Å². The Bertz CT molecular complexity index is 857. The van der Waals surface area contributed by atoms with Crippen molar-refractivity contribution >= 4 is 15.9 Å². The van der Waals surface area contributed by atoms with E-state index in [1.807, 2.05) is 31.6 Å². The summed E-state index contributed by atoms with van der Waals surface area (Å²) in [5.74, 6) is 0. The van der Waals surface area contributed by atoms with Crippen molar-refractivity contribution in [1.29, 1.82) is 0 Å². The summed E-state index contributed by atoms with van der Waals surface area (Å²) in [6.07, 6.45) is 4.86. The minimum absolute atomic E-state index is 0.206. The van der Waals surface area contributed by atoms with Gasteiger partial charge in [0, 0.05) is 31.1 Å². The second-order valence-electron chi connectivity index (χ2n) is 6.79. The fourth-order valence-electron chi connectivity index (χ4n) is 2.47.